The molecule has 0 saturated heterocycles. The Morgan fingerprint density at radius 3 is 3.00 bits per heavy atom. The van der Waals surface area contributed by atoms with Gasteiger partial charge in [0.2, 0.25) is 0 Å². The summed E-state index contributed by atoms with van der Waals surface area (Å²) in [7, 11) is 1.48. The van der Waals surface area contributed by atoms with Crippen LogP contribution in [0.5, 0.6) is 5.75 Å². The summed E-state index contributed by atoms with van der Waals surface area (Å²) in [6.45, 7) is 0. The molecule has 1 aliphatic rings. The van der Waals surface area contributed by atoms with Gasteiger partial charge in [-0.3, -0.25) is 4.79 Å². The van der Waals surface area contributed by atoms with Gasteiger partial charge in [0, 0.05) is 10.3 Å². The Balaban J connectivity index is 1.73. The number of methoxy groups -OCH3 is 1. The van der Waals surface area contributed by atoms with E-state index in [2.05, 4.69) is 11.4 Å². The van der Waals surface area contributed by atoms with Crippen molar-refractivity contribution < 1.29 is 13.9 Å². The number of nitrogens with zero attached hydrogens (tertiary/aromatic N) is 1. The smallest absolute Gasteiger partial charge is 0.349 e. The lowest BCUT2D eigenvalue weighted by Crippen LogP contribution is -2.20. The van der Waals surface area contributed by atoms with Gasteiger partial charge < -0.3 is 14.5 Å². The number of hydrogen-bond donors (Lipinski definition) is 1. The van der Waals surface area contributed by atoms with Crippen LogP contribution in [0.2, 0.25) is 0 Å². The molecule has 0 aliphatic heterocycles. The number of carbonyl (C=O) groups excluding carboxylic acids is 1. The van der Waals surface area contributed by atoms with Crippen molar-refractivity contribution in [2.75, 3.05) is 12.4 Å². The van der Waals surface area contributed by atoms with Crippen LogP contribution in [0.15, 0.2) is 33.5 Å². The van der Waals surface area contributed by atoms with Gasteiger partial charge in [-0.05, 0) is 37.0 Å². The lowest BCUT2D eigenvalue weighted by Gasteiger charge is -2.06. The minimum atomic E-state index is -0.748. The Morgan fingerprint density at radius 1 is 1.38 bits per heavy atom. The topological polar surface area (TPSA) is 92.3 Å². The lowest BCUT2D eigenvalue weighted by atomic mass is 10.1. The molecular formula is C19H14N2O4S. The van der Waals surface area contributed by atoms with E-state index in [0.717, 1.165) is 29.7 Å². The number of carbonyl (C=O) groups is 1. The standard InChI is InChI=1S/C19H14N2O4S/c1-24-14-6-2-4-10-8-12(19(23)25-16(10)14)17(22)21-18-13(9-20)11-5-3-7-15(11)26-18/h2,4,6,8H,3,5,7H2,1H3,(H,21,22). The van der Waals surface area contributed by atoms with Gasteiger partial charge in [-0.15, -0.1) is 11.3 Å². The fourth-order valence-electron chi connectivity index (χ4n) is 3.22. The van der Waals surface area contributed by atoms with Crippen LogP contribution in [0, 0.1) is 11.3 Å². The van der Waals surface area contributed by atoms with Crippen LogP contribution in [0.4, 0.5) is 5.00 Å². The summed E-state index contributed by atoms with van der Waals surface area (Å²) in [6.07, 6.45) is 2.80. The van der Waals surface area contributed by atoms with Crippen molar-refractivity contribution in [3.8, 4) is 11.8 Å². The normalized spacial score (nSPS) is 12.6. The number of amides is 1. The molecule has 6 nitrogen and oxygen atoms in total. The van der Waals surface area contributed by atoms with Crippen molar-refractivity contribution in [2.45, 2.75) is 19.3 Å². The number of hydrogen-bond acceptors (Lipinski definition) is 6. The fraction of sp³-hybridized carbons (Fsp3) is 0.211. The largest absolute Gasteiger partial charge is 0.493 e. The van der Waals surface area contributed by atoms with Crippen molar-refractivity contribution in [3.63, 3.8) is 0 Å². The van der Waals surface area contributed by atoms with Crippen molar-refractivity contribution >= 4 is 33.2 Å². The molecule has 0 fully saturated rings. The Morgan fingerprint density at radius 2 is 2.23 bits per heavy atom. The van der Waals surface area contributed by atoms with Crippen LogP contribution in [-0.2, 0) is 12.8 Å². The average Bonchev–Trinajstić information content (AvgIpc) is 3.21. The van der Waals surface area contributed by atoms with Crippen LogP contribution in [0.1, 0.15) is 32.8 Å². The zero-order valence-electron chi connectivity index (χ0n) is 13.9. The fourth-order valence-corrected chi connectivity index (χ4v) is 4.45. The molecule has 1 aliphatic carbocycles. The predicted octanol–water partition coefficient (Wildman–Crippen LogP) is 3.48. The van der Waals surface area contributed by atoms with Gasteiger partial charge in [-0.2, -0.15) is 5.26 Å². The van der Waals surface area contributed by atoms with Crippen LogP contribution in [0.3, 0.4) is 0 Å². The van der Waals surface area contributed by atoms with Gasteiger partial charge in [0.25, 0.3) is 5.91 Å². The van der Waals surface area contributed by atoms with Gasteiger partial charge in [-0.1, -0.05) is 12.1 Å². The highest BCUT2D eigenvalue weighted by Crippen LogP contribution is 2.38. The summed E-state index contributed by atoms with van der Waals surface area (Å²) < 4.78 is 10.5. The van der Waals surface area contributed by atoms with Crippen LogP contribution >= 0.6 is 11.3 Å². The van der Waals surface area contributed by atoms with Gasteiger partial charge in [0.1, 0.15) is 16.6 Å². The second-order valence-electron chi connectivity index (χ2n) is 5.95. The van der Waals surface area contributed by atoms with E-state index in [1.165, 1.54) is 24.5 Å². The number of benzene rings is 1. The molecule has 130 valence electrons. The van der Waals surface area contributed by atoms with Gasteiger partial charge in [-0.25, -0.2) is 4.79 Å². The second-order valence-corrected chi connectivity index (χ2v) is 7.06. The van der Waals surface area contributed by atoms with Gasteiger partial charge >= 0.3 is 5.63 Å². The SMILES string of the molecule is COc1cccc2cc(C(=O)Nc3sc4c(c3C#N)CCC4)c(=O)oc12. The Bertz CT molecular complexity index is 1140. The summed E-state index contributed by atoms with van der Waals surface area (Å²) in [4.78, 5) is 26.0. The van der Waals surface area contributed by atoms with Crippen LogP contribution < -0.4 is 15.7 Å². The first-order valence-electron chi connectivity index (χ1n) is 8.09. The monoisotopic (exact) mass is 366 g/mol. The number of para-hydroxylation sites is 1. The van der Waals surface area contributed by atoms with E-state index in [1.54, 1.807) is 18.2 Å². The first-order chi connectivity index (χ1) is 12.6. The number of anilines is 1. The minimum Gasteiger partial charge on any atom is -0.493 e. The highest BCUT2D eigenvalue weighted by molar-refractivity contribution is 7.16. The summed E-state index contributed by atoms with van der Waals surface area (Å²) in [5.74, 6) is -0.159. The molecule has 3 aromatic rings. The zero-order chi connectivity index (χ0) is 18.3. The molecule has 1 aromatic carbocycles. The molecular weight excluding hydrogens is 352 g/mol. The van der Waals surface area contributed by atoms with Crippen molar-refractivity contribution in [1.29, 1.82) is 5.26 Å². The third kappa shape index (κ3) is 2.55. The molecule has 4 rings (SSSR count). The second kappa shape index (κ2) is 6.32. The first kappa shape index (κ1) is 16.4. The average molecular weight is 366 g/mol. The molecule has 0 bridgehead atoms. The molecule has 26 heavy (non-hydrogen) atoms. The lowest BCUT2D eigenvalue weighted by molar-refractivity contribution is 0.102. The molecule has 0 unspecified atom stereocenters. The van der Waals surface area contributed by atoms with E-state index in [9.17, 15) is 14.9 Å². The maximum atomic E-state index is 12.6. The molecule has 1 amide bonds. The number of nitriles is 1. The molecule has 7 heteroatoms. The van der Waals surface area contributed by atoms with E-state index in [4.69, 9.17) is 9.15 Å². The van der Waals surface area contributed by atoms with Crippen LogP contribution in [0.25, 0.3) is 11.0 Å². The number of ether oxygens (including phenoxy) is 1. The Hall–Kier alpha value is -3.11. The molecule has 0 radical (unpaired) electrons. The van der Waals surface area contributed by atoms with Crippen molar-refractivity contribution in [2.24, 2.45) is 0 Å². The number of aryl methyl sites for hydroxylation is 1. The molecule has 2 heterocycles. The van der Waals surface area contributed by atoms with Crippen LogP contribution in [-0.4, -0.2) is 13.0 Å². The van der Waals surface area contributed by atoms with E-state index >= 15 is 0 Å². The Kier molecular flexibility index (Phi) is 3.98. The van der Waals surface area contributed by atoms with E-state index in [-0.39, 0.29) is 5.56 Å². The highest BCUT2D eigenvalue weighted by atomic mass is 32.1. The third-order valence-corrected chi connectivity index (χ3v) is 5.66. The number of nitrogens with one attached hydrogen (secondary N) is 1. The zero-order valence-corrected chi connectivity index (χ0v) is 14.7. The van der Waals surface area contributed by atoms with Gasteiger partial charge in [0.05, 0.1) is 12.7 Å². The minimum absolute atomic E-state index is 0.108. The summed E-state index contributed by atoms with van der Waals surface area (Å²) >= 11 is 1.40. The van der Waals surface area contributed by atoms with E-state index in [1.807, 2.05) is 0 Å². The number of fused-ring (bicyclic) bond motifs is 2. The van der Waals surface area contributed by atoms with Gasteiger partial charge in [0.15, 0.2) is 11.3 Å². The molecule has 2 aromatic heterocycles. The third-order valence-electron chi connectivity index (χ3n) is 4.45. The Labute approximate surface area is 152 Å². The molecule has 1 N–H and O–H groups in total. The van der Waals surface area contributed by atoms with E-state index in [0.29, 0.717) is 27.3 Å². The van der Waals surface area contributed by atoms with E-state index < -0.39 is 11.5 Å². The molecule has 0 spiro atoms. The van der Waals surface area contributed by atoms with Crippen molar-refractivity contribution in [1.82, 2.24) is 0 Å². The number of thiophene rings is 1. The highest BCUT2D eigenvalue weighted by Gasteiger charge is 2.24. The van der Waals surface area contributed by atoms with Crippen molar-refractivity contribution in [3.05, 3.63) is 56.3 Å². The molecule has 0 atom stereocenters. The summed E-state index contributed by atoms with van der Waals surface area (Å²) in [6, 6.07) is 8.81. The summed E-state index contributed by atoms with van der Waals surface area (Å²) in [5.41, 5.74) is 0.959. The molecule has 0 saturated carbocycles. The quantitative estimate of drug-likeness (QED) is 0.717. The summed E-state index contributed by atoms with van der Waals surface area (Å²) in [5, 5.41) is 13.2. The first-order valence-corrected chi connectivity index (χ1v) is 8.91. The predicted molar refractivity (Wildman–Crippen MR) is 98.0 cm³/mol. The maximum Gasteiger partial charge on any atom is 0.349 e. The number of rotatable bonds is 3. The maximum absolute atomic E-state index is 12.6.